The predicted molar refractivity (Wildman–Crippen MR) is 280 cm³/mol. The molecule has 0 aliphatic rings. The van der Waals surface area contributed by atoms with Crippen molar-refractivity contribution in [2.45, 2.75) is 0 Å². The number of aromatic nitrogens is 3. The first kappa shape index (κ1) is 39.7. The van der Waals surface area contributed by atoms with E-state index in [1.54, 1.807) is 0 Å². The minimum atomic E-state index is 0.667. The van der Waals surface area contributed by atoms with E-state index in [1.165, 1.54) is 44.5 Å². The molecule has 0 spiro atoms. The van der Waals surface area contributed by atoms with Crippen molar-refractivity contribution >= 4 is 21.9 Å². The number of nitrogens with zero attached hydrogens (tertiary/aromatic N) is 3. The molecule has 0 atom stereocenters. The normalized spacial score (nSPS) is 11.3. The first-order chi connectivity index (χ1) is 33.2. The second-order valence-corrected chi connectivity index (χ2v) is 17.0. The molecule has 0 saturated heterocycles. The fraction of sp³-hybridized carbons (Fsp3) is 0. The van der Waals surface area contributed by atoms with Crippen LogP contribution in [-0.2, 0) is 0 Å². The van der Waals surface area contributed by atoms with Crippen LogP contribution in [0.15, 0.2) is 261 Å². The third-order valence-corrected chi connectivity index (χ3v) is 12.8. The topological polar surface area (TPSA) is 30.7 Å². The van der Waals surface area contributed by atoms with Gasteiger partial charge < -0.3 is 0 Å². The highest BCUT2D eigenvalue weighted by molar-refractivity contribution is 6.14. The molecular formula is C64H43N3. The molecule has 0 aliphatic carbocycles. The zero-order chi connectivity index (χ0) is 44.5. The smallest absolute Gasteiger partial charge is 0.162 e. The Morgan fingerprint density at radius 3 is 1.19 bits per heavy atom. The van der Waals surface area contributed by atoms with E-state index in [0.717, 1.165) is 66.7 Å². The lowest BCUT2D eigenvalue weighted by atomic mass is 9.92. The van der Waals surface area contributed by atoms with Gasteiger partial charge in [-0.1, -0.05) is 206 Å². The number of benzene rings is 10. The van der Waals surface area contributed by atoms with Gasteiger partial charge in [0.2, 0.25) is 0 Å². The number of rotatable bonds is 9. The molecular weight excluding hydrogens is 811 g/mol. The maximum Gasteiger partial charge on any atom is 0.162 e. The van der Waals surface area contributed by atoms with Crippen LogP contribution in [0.4, 0.5) is 0 Å². The van der Waals surface area contributed by atoms with E-state index >= 15 is 0 Å². The summed E-state index contributed by atoms with van der Waals surface area (Å²) in [4.78, 5) is 11.1. The van der Waals surface area contributed by atoms with Gasteiger partial charge in [0.05, 0.1) is 16.6 Å². The summed E-state index contributed by atoms with van der Waals surface area (Å²) >= 11 is 0. The Morgan fingerprint density at radius 2 is 0.612 bits per heavy atom. The fourth-order valence-corrected chi connectivity index (χ4v) is 9.47. The molecule has 0 saturated carbocycles. The Labute approximate surface area is 390 Å². The molecule has 0 amide bonds. The Hall–Kier alpha value is -8.92. The van der Waals surface area contributed by atoms with Crippen LogP contribution in [0.25, 0.3) is 117 Å². The van der Waals surface area contributed by atoms with Gasteiger partial charge >= 0.3 is 0 Å². The van der Waals surface area contributed by atoms with Gasteiger partial charge in [0.15, 0.2) is 5.82 Å². The molecule has 0 bridgehead atoms. The average molecular weight is 854 g/mol. The second kappa shape index (κ2) is 17.2. The molecule has 0 fully saturated rings. The summed E-state index contributed by atoms with van der Waals surface area (Å²) < 4.78 is 2.29. The van der Waals surface area contributed by atoms with E-state index in [-0.39, 0.29) is 0 Å². The van der Waals surface area contributed by atoms with Crippen molar-refractivity contribution in [2.75, 3.05) is 0 Å². The molecule has 314 valence electrons. The zero-order valence-corrected chi connectivity index (χ0v) is 36.7. The Bertz CT molecular complexity index is 3650. The lowest BCUT2D eigenvalue weighted by Gasteiger charge is -2.14. The summed E-state index contributed by atoms with van der Waals surface area (Å²) in [5, 5.41) is 2.12. The Balaban J connectivity index is 1.01. The second-order valence-electron chi connectivity index (χ2n) is 17.0. The summed E-state index contributed by atoms with van der Waals surface area (Å²) in [7, 11) is 0. The molecule has 12 aromatic rings. The van der Waals surface area contributed by atoms with Crippen LogP contribution in [0.1, 0.15) is 0 Å². The van der Waals surface area contributed by atoms with Crippen LogP contribution in [-0.4, -0.2) is 14.5 Å². The quantitative estimate of drug-likeness (QED) is 0.145. The standard InChI is InChI=1S/C64H43N3/c1-5-18-44(19-6-1)47-34-36-48(37-35-47)49-24-15-25-50(38-49)51-26-17-29-54(40-51)63-65-62(61-59-32-13-14-33-60(59)67(64(61)66-63)58-30-11-4-12-31-58)53-28-16-27-52(39-53)57-42-55(45-20-7-2-8-21-45)41-56(43-57)46-22-9-3-10-23-46/h1-43H. The first-order valence-electron chi connectivity index (χ1n) is 22.8. The van der Waals surface area contributed by atoms with Gasteiger partial charge in [0.1, 0.15) is 5.65 Å². The first-order valence-corrected chi connectivity index (χ1v) is 22.8. The highest BCUT2D eigenvalue weighted by atomic mass is 15.1. The van der Waals surface area contributed by atoms with Crippen LogP contribution in [0.5, 0.6) is 0 Å². The van der Waals surface area contributed by atoms with Gasteiger partial charge in [-0.2, -0.15) is 0 Å². The monoisotopic (exact) mass is 853 g/mol. The van der Waals surface area contributed by atoms with Crippen LogP contribution >= 0.6 is 0 Å². The van der Waals surface area contributed by atoms with Crippen molar-refractivity contribution in [2.24, 2.45) is 0 Å². The van der Waals surface area contributed by atoms with Gasteiger partial charge in [0.25, 0.3) is 0 Å². The van der Waals surface area contributed by atoms with Crippen molar-refractivity contribution in [1.82, 2.24) is 14.5 Å². The molecule has 0 N–H and O–H groups in total. The molecule has 2 heterocycles. The van der Waals surface area contributed by atoms with Gasteiger partial charge in [-0.25, -0.2) is 9.97 Å². The minimum Gasteiger partial charge on any atom is -0.294 e. The number of para-hydroxylation sites is 2. The van der Waals surface area contributed by atoms with E-state index in [0.29, 0.717) is 5.82 Å². The third kappa shape index (κ3) is 7.69. The molecule has 3 nitrogen and oxygen atoms in total. The molecule has 3 heteroatoms. The van der Waals surface area contributed by atoms with Crippen molar-refractivity contribution in [3.63, 3.8) is 0 Å². The van der Waals surface area contributed by atoms with Crippen LogP contribution in [0.2, 0.25) is 0 Å². The largest absolute Gasteiger partial charge is 0.294 e. The molecule has 0 unspecified atom stereocenters. The van der Waals surface area contributed by atoms with E-state index < -0.39 is 0 Å². The van der Waals surface area contributed by atoms with E-state index in [9.17, 15) is 0 Å². The lowest BCUT2D eigenvalue weighted by molar-refractivity contribution is 1.11. The predicted octanol–water partition coefficient (Wildman–Crippen LogP) is 16.9. The SMILES string of the molecule is c1ccc(-c2ccc(-c3cccc(-c4cccc(-c5nc(-c6cccc(-c7cc(-c8ccccc8)cc(-c8ccccc8)c7)c6)c6c7ccccc7n(-c7ccccc7)c6n5)c4)c3)cc2)cc1. The van der Waals surface area contributed by atoms with Gasteiger partial charge in [-0.3, -0.25) is 4.57 Å². The molecule has 2 aromatic heterocycles. The molecule has 12 rings (SSSR count). The highest BCUT2D eigenvalue weighted by Gasteiger charge is 2.22. The van der Waals surface area contributed by atoms with Crippen LogP contribution in [0.3, 0.4) is 0 Å². The highest BCUT2D eigenvalue weighted by Crippen LogP contribution is 2.41. The summed E-state index contributed by atoms with van der Waals surface area (Å²) in [6.45, 7) is 0. The molecule has 10 aromatic carbocycles. The van der Waals surface area contributed by atoms with Crippen LogP contribution < -0.4 is 0 Å². The van der Waals surface area contributed by atoms with E-state index in [2.05, 4.69) is 265 Å². The van der Waals surface area contributed by atoms with Crippen LogP contribution in [0, 0.1) is 0 Å². The Kier molecular flexibility index (Phi) is 10.2. The lowest BCUT2D eigenvalue weighted by Crippen LogP contribution is -1.99. The van der Waals surface area contributed by atoms with Gasteiger partial charge in [-0.05, 0) is 121 Å². The summed E-state index contributed by atoms with van der Waals surface area (Å²) in [6.07, 6.45) is 0. The maximum absolute atomic E-state index is 5.57. The summed E-state index contributed by atoms with van der Waals surface area (Å²) in [6, 6.07) is 93.0. The number of hydrogen-bond acceptors (Lipinski definition) is 2. The molecule has 0 radical (unpaired) electrons. The number of fused-ring (bicyclic) bond motifs is 3. The van der Waals surface area contributed by atoms with Crippen molar-refractivity contribution in [3.05, 3.63) is 261 Å². The van der Waals surface area contributed by atoms with E-state index in [1.807, 2.05) is 0 Å². The van der Waals surface area contributed by atoms with E-state index in [4.69, 9.17) is 9.97 Å². The van der Waals surface area contributed by atoms with Crippen molar-refractivity contribution in [1.29, 1.82) is 0 Å². The average Bonchev–Trinajstić information content (AvgIpc) is 3.76. The zero-order valence-electron chi connectivity index (χ0n) is 36.7. The van der Waals surface area contributed by atoms with Gasteiger partial charge in [-0.15, -0.1) is 0 Å². The maximum atomic E-state index is 5.57. The molecule has 0 aliphatic heterocycles. The third-order valence-electron chi connectivity index (χ3n) is 12.8. The van der Waals surface area contributed by atoms with Gasteiger partial charge in [0, 0.05) is 22.2 Å². The Morgan fingerprint density at radius 1 is 0.254 bits per heavy atom. The number of hydrogen-bond donors (Lipinski definition) is 0. The fourth-order valence-electron chi connectivity index (χ4n) is 9.47. The summed E-state index contributed by atoms with van der Waals surface area (Å²) in [5.74, 6) is 0.667. The minimum absolute atomic E-state index is 0.667. The van der Waals surface area contributed by atoms with Crippen molar-refractivity contribution < 1.29 is 0 Å². The van der Waals surface area contributed by atoms with Crippen molar-refractivity contribution in [3.8, 4) is 95.1 Å². The summed E-state index contributed by atoms with van der Waals surface area (Å²) in [5.41, 5.74) is 19.8. The molecule has 67 heavy (non-hydrogen) atoms.